The number of unbranched alkanes of at least 4 members (excludes halogenated alkanes) is 25. The van der Waals surface area contributed by atoms with Crippen molar-refractivity contribution in [2.75, 3.05) is 13.2 Å². The quantitative estimate of drug-likeness (QED) is 0.0546. The molecule has 5 heteroatoms. The predicted octanol–water partition coefficient (Wildman–Crippen LogP) is 12.2. The number of rotatable bonds is 36. The molecule has 2 atom stereocenters. The van der Waals surface area contributed by atoms with Gasteiger partial charge in [0.1, 0.15) is 6.61 Å². The predicted molar refractivity (Wildman–Crippen MR) is 192 cm³/mol. The Morgan fingerprint density at radius 1 is 0.511 bits per heavy atom. The van der Waals surface area contributed by atoms with Crippen molar-refractivity contribution in [1.82, 2.24) is 0 Å². The lowest BCUT2D eigenvalue weighted by molar-refractivity contribution is -0.161. The number of ether oxygens (including phenoxy) is 2. The Bertz CT molecular complexity index is 622. The third-order valence-electron chi connectivity index (χ3n) is 9.44. The molecule has 0 bridgehead atoms. The van der Waals surface area contributed by atoms with Gasteiger partial charge in [-0.05, 0) is 18.8 Å². The second kappa shape index (κ2) is 35.7. The van der Waals surface area contributed by atoms with Crippen molar-refractivity contribution < 1.29 is 24.2 Å². The maximum atomic E-state index is 12.2. The molecule has 0 saturated carbocycles. The van der Waals surface area contributed by atoms with Crippen molar-refractivity contribution >= 4 is 11.9 Å². The van der Waals surface area contributed by atoms with Gasteiger partial charge in [-0.15, -0.1) is 0 Å². The molecule has 0 aromatic rings. The standard InChI is InChI=1S/C40H78O5/c1-4-6-7-8-9-10-11-12-13-14-15-16-17-21-24-27-30-33-39(42)44-36-38(35-41)45-40(43)34-31-28-25-22-19-18-20-23-26-29-32-37(3)5-2/h37-38,41H,4-36H2,1-3H3/t37?,38-/m0/s1. The van der Waals surface area contributed by atoms with Crippen LogP contribution < -0.4 is 0 Å². The lowest BCUT2D eigenvalue weighted by Crippen LogP contribution is -2.28. The summed E-state index contributed by atoms with van der Waals surface area (Å²) in [5.74, 6) is 0.301. The molecule has 0 aromatic carbocycles. The van der Waals surface area contributed by atoms with Crippen LogP contribution in [0.25, 0.3) is 0 Å². The molecular weight excluding hydrogens is 560 g/mol. The highest BCUT2D eigenvalue weighted by Crippen LogP contribution is 2.17. The molecule has 0 aliphatic heterocycles. The highest BCUT2D eigenvalue weighted by Gasteiger charge is 2.16. The number of aliphatic hydroxyl groups is 1. The molecule has 0 aliphatic carbocycles. The van der Waals surface area contributed by atoms with Crippen molar-refractivity contribution in [2.24, 2.45) is 5.92 Å². The summed E-state index contributed by atoms with van der Waals surface area (Å²) in [6, 6.07) is 0. The second-order valence-electron chi connectivity index (χ2n) is 14.0. The first-order valence-corrected chi connectivity index (χ1v) is 20.0. The van der Waals surface area contributed by atoms with Gasteiger partial charge in [-0.1, -0.05) is 194 Å². The number of carbonyl (C=O) groups excluding carboxylic acids is 2. The van der Waals surface area contributed by atoms with E-state index in [9.17, 15) is 14.7 Å². The smallest absolute Gasteiger partial charge is 0.306 e. The van der Waals surface area contributed by atoms with Gasteiger partial charge >= 0.3 is 11.9 Å². The van der Waals surface area contributed by atoms with Gasteiger partial charge < -0.3 is 14.6 Å². The van der Waals surface area contributed by atoms with Gasteiger partial charge in [-0.2, -0.15) is 0 Å². The fourth-order valence-electron chi connectivity index (χ4n) is 6.00. The van der Waals surface area contributed by atoms with Crippen molar-refractivity contribution in [3.8, 4) is 0 Å². The van der Waals surface area contributed by atoms with Crippen molar-refractivity contribution in [2.45, 2.75) is 226 Å². The Morgan fingerprint density at radius 3 is 1.24 bits per heavy atom. The van der Waals surface area contributed by atoms with E-state index in [1.165, 1.54) is 154 Å². The van der Waals surface area contributed by atoms with Crippen molar-refractivity contribution in [1.29, 1.82) is 0 Å². The molecule has 0 rings (SSSR count). The van der Waals surface area contributed by atoms with Gasteiger partial charge in [0.15, 0.2) is 6.10 Å². The summed E-state index contributed by atoms with van der Waals surface area (Å²) in [7, 11) is 0. The molecule has 0 saturated heterocycles. The first-order valence-electron chi connectivity index (χ1n) is 20.0. The van der Waals surface area contributed by atoms with Crippen LogP contribution in [0.2, 0.25) is 0 Å². The molecule has 0 aromatic heterocycles. The molecule has 5 nitrogen and oxygen atoms in total. The number of aliphatic hydroxyl groups excluding tert-OH is 1. The van der Waals surface area contributed by atoms with Crippen LogP contribution in [0.5, 0.6) is 0 Å². The van der Waals surface area contributed by atoms with Crippen LogP contribution in [0.1, 0.15) is 220 Å². The van der Waals surface area contributed by atoms with E-state index in [1.54, 1.807) is 0 Å². The maximum Gasteiger partial charge on any atom is 0.306 e. The van der Waals surface area contributed by atoms with Gasteiger partial charge in [0.05, 0.1) is 6.61 Å². The van der Waals surface area contributed by atoms with Crippen LogP contribution in [0.15, 0.2) is 0 Å². The van der Waals surface area contributed by atoms with Gasteiger partial charge in [0, 0.05) is 12.8 Å². The zero-order chi connectivity index (χ0) is 33.1. The van der Waals surface area contributed by atoms with E-state index in [1.807, 2.05) is 0 Å². The topological polar surface area (TPSA) is 72.8 Å². The Balaban J connectivity index is 3.50. The fraction of sp³-hybridized carbons (Fsp3) is 0.950. The molecule has 268 valence electrons. The highest BCUT2D eigenvalue weighted by molar-refractivity contribution is 5.70. The summed E-state index contributed by atoms with van der Waals surface area (Å²) < 4.78 is 10.6. The van der Waals surface area contributed by atoms with E-state index in [2.05, 4.69) is 20.8 Å². The summed E-state index contributed by atoms with van der Waals surface area (Å²) in [6.07, 6.45) is 37.3. The summed E-state index contributed by atoms with van der Waals surface area (Å²) in [5, 5.41) is 9.55. The Labute approximate surface area is 280 Å². The first kappa shape index (κ1) is 43.9. The maximum absolute atomic E-state index is 12.2. The normalized spacial score (nSPS) is 12.7. The minimum absolute atomic E-state index is 0.0579. The van der Waals surface area contributed by atoms with E-state index in [-0.39, 0.29) is 25.2 Å². The van der Waals surface area contributed by atoms with E-state index < -0.39 is 6.10 Å². The Kier molecular flexibility index (Phi) is 34.9. The molecule has 1 N–H and O–H groups in total. The molecule has 45 heavy (non-hydrogen) atoms. The fourth-order valence-corrected chi connectivity index (χ4v) is 6.00. The van der Waals surface area contributed by atoms with Gasteiger partial charge in [0.25, 0.3) is 0 Å². The molecule has 0 heterocycles. The lowest BCUT2D eigenvalue weighted by atomic mass is 9.99. The minimum atomic E-state index is -0.762. The molecule has 0 aliphatic rings. The molecule has 0 radical (unpaired) electrons. The molecule has 0 fully saturated rings. The molecule has 0 spiro atoms. The lowest BCUT2D eigenvalue weighted by Gasteiger charge is -2.15. The molecule has 1 unspecified atom stereocenters. The van der Waals surface area contributed by atoms with Crippen LogP contribution >= 0.6 is 0 Å². The second-order valence-corrected chi connectivity index (χ2v) is 14.0. The molecular formula is C40H78O5. The monoisotopic (exact) mass is 639 g/mol. The zero-order valence-corrected chi connectivity index (χ0v) is 30.6. The zero-order valence-electron chi connectivity index (χ0n) is 30.6. The first-order chi connectivity index (χ1) is 22.0. The summed E-state index contributed by atoms with van der Waals surface area (Å²) in [6.45, 7) is 6.53. The van der Waals surface area contributed by atoms with E-state index >= 15 is 0 Å². The average molecular weight is 639 g/mol. The van der Waals surface area contributed by atoms with Crippen LogP contribution in [0, 0.1) is 5.92 Å². The van der Waals surface area contributed by atoms with Crippen LogP contribution in [0.4, 0.5) is 0 Å². The minimum Gasteiger partial charge on any atom is -0.462 e. The largest absolute Gasteiger partial charge is 0.462 e. The summed E-state index contributed by atoms with van der Waals surface area (Å²) >= 11 is 0. The van der Waals surface area contributed by atoms with Gasteiger partial charge in [-0.3, -0.25) is 9.59 Å². The Hall–Kier alpha value is -1.10. The summed E-state index contributed by atoms with van der Waals surface area (Å²) in [5.41, 5.74) is 0. The van der Waals surface area contributed by atoms with Gasteiger partial charge in [0.2, 0.25) is 0 Å². The van der Waals surface area contributed by atoms with Gasteiger partial charge in [-0.25, -0.2) is 0 Å². The SMILES string of the molecule is CCCCCCCCCCCCCCCCCCCC(=O)OC[C@H](CO)OC(=O)CCCCCCCCCCCCC(C)CC. The average Bonchev–Trinajstić information content (AvgIpc) is 3.04. The number of hydrogen-bond donors (Lipinski definition) is 1. The van der Waals surface area contributed by atoms with E-state index in [0.717, 1.165) is 38.0 Å². The highest BCUT2D eigenvalue weighted by atomic mass is 16.6. The van der Waals surface area contributed by atoms with E-state index in [4.69, 9.17) is 9.47 Å². The third-order valence-corrected chi connectivity index (χ3v) is 9.44. The van der Waals surface area contributed by atoms with Crippen LogP contribution in [-0.4, -0.2) is 36.4 Å². The third kappa shape index (κ3) is 34.1. The van der Waals surface area contributed by atoms with Crippen molar-refractivity contribution in [3.63, 3.8) is 0 Å². The number of hydrogen-bond acceptors (Lipinski definition) is 5. The number of esters is 2. The van der Waals surface area contributed by atoms with Crippen molar-refractivity contribution in [3.05, 3.63) is 0 Å². The summed E-state index contributed by atoms with van der Waals surface area (Å²) in [4.78, 5) is 24.2. The van der Waals surface area contributed by atoms with E-state index in [0.29, 0.717) is 12.8 Å². The van der Waals surface area contributed by atoms with Crippen LogP contribution in [-0.2, 0) is 19.1 Å². The molecule has 0 amide bonds. The Morgan fingerprint density at radius 2 is 0.867 bits per heavy atom. The van der Waals surface area contributed by atoms with Crippen LogP contribution in [0.3, 0.4) is 0 Å². The number of carbonyl (C=O) groups is 2.